The quantitative estimate of drug-likeness (QED) is 0.175. The summed E-state index contributed by atoms with van der Waals surface area (Å²) in [4.78, 5) is 15.5. The van der Waals surface area contributed by atoms with Crippen molar-refractivity contribution in [3.63, 3.8) is 0 Å². The van der Waals surface area contributed by atoms with Crippen LogP contribution in [0.1, 0.15) is 0 Å². The summed E-state index contributed by atoms with van der Waals surface area (Å²) in [5.41, 5.74) is 10.5. The molecular formula is C51H29N3O2S. The number of rotatable bonds is 5. The Morgan fingerprint density at radius 3 is 1.68 bits per heavy atom. The maximum absolute atomic E-state index is 6.56. The molecule has 12 aromatic rings. The molecule has 0 amide bonds. The molecule has 0 aliphatic carbocycles. The first kappa shape index (κ1) is 31.9. The Morgan fingerprint density at radius 1 is 0.333 bits per heavy atom. The fraction of sp³-hybridized carbons (Fsp3) is 0. The maximum Gasteiger partial charge on any atom is 0.167 e. The van der Waals surface area contributed by atoms with Gasteiger partial charge in [-0.05, 0) is 64.7 Å². The van der Waals surface area contributed by atoms with E-state index < -0.39 is 0 Å². The van der Waals surface area contributed by atoms with E-state index in [1.807, 2.05) is 84.1 Å². The molecule has 0 saturated heterocycles. The molecule has 0 bridgehead atoms. The van der Waals surface area contributed by atoms with Crippen LogP contribution in [0.2, 0.25) is 0 Å². The van der Waals surface area contributed by atoms with Crippen molar-refractivity contribution in [1.29, 1.82) is 0 Å². The van der Waals surface area contributed by atoms with Gasteiger partial charge in [-0.3, -0.25) is 0 Å². The van der Waals surface area contributed by atoms with Gasteiger partial charge in [0.25, 0.3) is 0 Å². The lowest BCUT2D eigenvalue weighted by Crippen LogP contribution is -2.00. The average molecular weight is 748 g/mol. The summed E-state index contributed by atoms with van der Waals surface area (Å²) in [6.07, 6.45) is 0. The average Bonchev–Trinajstić information content (AvgIpc) is 3.98. The van der Waals surface area contributed by atoms with Crippen molar-refractivity contribution in [2.45, 2.75) is 0 Å². The zero-order valence-corrected chi connectivity index (χ0v) is 31.1. The van der Waals surface area contributed by atoms with Gasteiger partial charge in [0.2, 0.25) is 0 Å². The Balaban J connectivity index is 1.09. The van der Waals surface area contributed by atoms with E-state index in [4.69, 9.17) is 23.8 Å². The number of fused-ring (bicyclic) bond motifs is 9. The van der Waals surface area contributed by atoms with E-state index in [9.17, 15) is 0 Å². The maximum atomic E-state index is 6.56. The zero-order chi connectivity index (χ0) is 37.5. The second kappa shape index (κ2) is 12.6. The third-order valence-corrected chi connectivity index (χ3v) is 12.1. The van der Waals surface area contributed by atoms with Crippen LogP contribution in [0.5, 0.6) is 0 Å². The number of hydrogen-bond donors (Lipinski definition) is 0. The van der Waals surface area contributed by atoms with Crippen LogP contribution in [0.15, 0.2) is 185 Å². The van der Waals surface area contributed by atoms with Crippen LogP contribution < -0.4 is 0 Å². The normalized spacial score (nSPS) is 11.9. The van der Waals surface area contributed by atoms with Crippen LogP contribution in [-0.4, -0.2) is 15.0 Å². The molecule has 4 aromatic heterocycles. The van der Waals surface area contributed by atoms with Crippen molar-refractivity contribution in [2.24, 2.45) is 0 Å². The molecule has 266 valence electrons. The van der Waals surface area contributed by atoms with E-state index in [-0.39, 0.29) is 0 Å². The van der Waals surface area contributed by atoms with Gasteiger partial charge < -0.3 is 8.83 Å². The molecule has 0 aliphatic heterocycles. The van der Waals surface area contributed by atoms with E-state index in [2.05, 4.69) is 103 Å². The summed E-state index contributed by atoms with van der Waals surface area (Å²) in [5, 5.41) is 6.58. The predicted molar refractivity (Wildman–Crippen MR) is 234 cm³/mol. The number of aromatic nitrogens is 3. The Kier molecular flexibility index (Phi) is 7.03. The Labute approximate surface area is 330 Å². The minimum atomic E-state index is 0.541. The third kappa shape index (κ3) is 5.04. The largest absolute Gasteiger partial charge is 0.456 e. The molecule has 0 saturated carbocycles. The lowest BCUT2D eigenvalue weighted by atomic mass is 9.94. The highest BCUT2D eigenvalue weighted by Crippen LogP contribution is 2.46. The second-order valence-electron chi connectivity index (χ2n) is 14.3. The number of para-hydroxylation sites is 2. The molecule has 0 atom stereocenters. The lowest BCUT2D eigenvalue weighted by Gasteiger charge is -2.10. The smallest absolute Gasteiger partial charge is 0.167 e. The minimum absolute atomic E-state index is 0.541. The van der Waals surface area contributed by atoms with Crippen LogP contribution in [-0.2, 0) is 0 Å². The summed E-state index contributed by atoms with van der Waals surface area (Å²) in [6, 6.07) is 60.9. The molecule has 0 radical (unpaired) electrons. The summed E-state index contributed by atoms with van der Waals surface area (Å²) in [5.74, 6) is 1.68. The van der Waals surface area contributed by atoms with Gasteiger partial charge in [0, 0.05) is 52.8 Å². The van der Waals surface area contributed by atoms with Crippen molar-refractivity contribution in [3.8, 4) is 56.4 Å². The highest BCUT2D eigenvalue weighted by Gasteiger charge is 2.22. The first-order valence-electron chi connectivity index (χ1n) is 18.9. The minimum Gasteiger partial charge on any atom is -0.456 e. The Hall–Kier alpha value is -7.41. The molecule has 0 N–H and O–H groups in total. The first-order chi connectivity index (χ1) is 28.2. The first-order valence-corrected chi connectivity index (χ1v) is 19.7. The van der Waals surface area contributed by atoms with Gasteiger partial charge in [-0.2, -0.15) is 0 Å². The molecule has 0 spiro atoms. The summed E-state index contributed by atoms with van der Waals surface area (Å²) in [7, 11) is 0. The highest BCUT2D eigenvalue weighted by atomic mass is 32.1. The van der Waals surface area contributed by atoms with Gasteiger partial charge in [0.15, 0.2) is 17.5 Å². The monoisotopic (exact) mass is 747 g/mol. The lowest BCUT2D eigenvalue weighted by molar-refractivity contribution is 0.668. The molecule has 57 heavy (non-hydrogen) atoms. The van der Waals surface area contributed by atoms with Gasteiger partial charge in [-0.1, -0.05) is 133 Å². The van der Waals surface area contributed by atoms with E-state index in [0.29, 0.717) is 17.5 Å². The van der Waals surface area contributed by atoms with Gasteiger partial charge in [0.1, 0.15) is 22.3 Å². The van der Waals surface area contributed by atoms with Gasteiger partial charge >= 0.3 is 0 Å². The highest BCUT2D eigenvalue weighted by molar-refractivity contribution is 7.26. The number of benzene rings is 8. The summed E-state index contributed by atoms with van der Waals surface area (Å²) >= 11 is 1.84. The van der Waals surface area contributed by atoms with E-state index in [0.717, 1.165) is 66.1 Å². The molecular weight excluding hydrogens is 719 g/mol. The number of furan rings is 2. The molecule has 0 unspecified atom stereocenters. The van der Waals surface area contributed by atoms with Crippen molar-refractivity contribution in [3.05, 3.63) is 176 Å². The topological polar surface area (TPSA) is 65.0 Å². The van der Waals surface area contributed by atoms with Crippen LogP contribution >= 0.6 is 11.3 Å². The standard InChI is InChI=1S/C51H29N3O2S/c1-3-13-30(14-4-1)33-18-11-25-43-46(33)47-34(19-12-26-44(47)57-43)32-27-28-41-39(29-32)45-37(21-10-24-42(45)55-41)50-52-49(31-15-5-2-6-16-31)53-51(54-50)38-22-9-20-36-35-17-7-8-23-40(35)56-48(36)38/h1-29H. The molecule has 8 aromatic carbocycles. The third-order valence-electron chi connectivity index (χ3n) is 11.0. The summed E-state index contributed by atoms with van der Waals surface area (Å²) in [6.45, 7) is 0. The van der Waals surface area contributed by atoms with Gasteiger partial charge in [-0.25, -0.2) is 15.0 Å². The molecule has 0 aliphatic rings. The molecule has 12 rings (SSSR count). The van der Waals surface area contributed by atoms with Crippen LogP contribution in [0, 0.1) is 0 Å². The number of hydrogen-bond acceptors (Lipinski definition) is 6. The number of nitrogens with zero attached hydrogens (tertiary/aromatic N) is 3. The van der Waals surface area contributed by atoms with E-state index in [1.54, 1.807) is 0 Å². The van der Waals surface area contributed by atoms with E-state index >= 15 is 0 Å². The Morgan fingerprint density at radius 2 is 0.895 bits per heavy atom. The Bertz CT molecular complexity index is 3530. The van der Waals surface area contributed by atoms with Gasteiger partial charge in [-0.15, -0.1) is 11.3 Å². The predicted octanol–water partition coefficient (Wildman–Crippen LogP) is 14.4. The van der Waals surface area contributed by atoms with Gasteiger partial charge in [0.05, 0.1) is 5.56 Å². The van der Waals surface area contributed by atoms with Crippen molar-refractivity contribution in [1.82, 2.24) is 15.0 Å². The molecule has 6 heteroatoms. The molecule has 5 nitrogen and oxygen atoms in total. The fourth-order valence-corrected chi connectivity index (χ4v) is 9.56. The summed E-state index contributed by atoms with van der Waals surface area (Å²) < 4.78 is 15.6. The van der Waals surface area contributed by atoms with Crippen molar-refractivity contribution in [2.75, 3.05) is 0 Å². The van der Waals surface area contributed by atoms with Crippen molar-refractivity contribution < 1.29 is 8.83 Å². The van der Waals surface area contributed by atoms with Crippen LogP contribution in [0.25, 0.3) is 120 Å². The fourth-order valence-electron chi connectivity index (χ4n) is 8.40. The van der Waals surface area contributed by atoms with Crippen LogP contribution in [0.4, 0.5) is 0 Å². The van der Waals surface area contributed by atoms with Crippen molar-refractivity contribution >= 4 is 75.4 Å². The zero-order valence-electron chi connectivity index (χ0n) is 30.3. The molecule has 0 fully saturated rings. The van der Waals surface area contributed by atoms with Crippen LogP contribution in [0.3, 0.4) is 0 Å². The molecule has 4 heterocycles. The van der Waals surface area contributed by atoms with E-state index in [1.165, 1.54) is 36.9 Å². The number of thiophene rings is 1. The second-order valence-corrected chi connectivity index (χ2v) is 15.4. The SMILES string of the molecule is c1ccc(-c2nc(-c3cccc4c3oc3ccccc34)nc(-c3cccc4oc5ccc(-c6cccc7sc8cccc(-c9ccccc9)c8c67)cc5c34)n2)cc1.